The van der Waals surface area contributed by atoms with E-state index in [-0.39, 0.29) is 32.4 Å². The van der Waals surface area contributed by atoms with Crippen molar-refractivity contribution in [3.63, 3.8) is 0 Å². The molecular weight excluding hydrogens is 460 g/mol. The molecule has 1 aliphatic rings. The lowest BCUT2D eigenvalue weighted by Gasteiger charge is -2.38. The van der Waals surface area contributed by atoms with Crippen molar-refractivity contribution in [2.24, 2.45) is 0 Å². The van der Waals surface area contributed by atoms with E-state index < -0.39 is 9.84 Å². The van der Waals surface area contributed by atoms with Crippen LogP contribution in [0.1, 0.15) is 43.2 Å². The Morgan fingerprint density at radius 1 is 0.743 bits per heavy atom. The largest absolute Gasteiger partial charge is 0.508 e. The summed E-state index contributed by atoms with van der Waals surface area (Å²) in [6.45, 7) is 0. The lowest BCUT2D eigenvalue weighted by Crippen LogP contribution is -2.30. The zero-order valence-corrected chi connectivity index (χ0v) is 19.9. The maximum atomic E-state index is 13.6. The van der Waals surface area contributed by atoms with Crippen molar-refractivity contribution in [3.8, 4) is 11.5 Å². The second kappa shape index (κ2) is 8.71. The fourth-order valence-electron chi connectivity index (χ4n) is 5.38. The molecule has 7 heteroatoms. The first-order chi connectivity index (χ1) is 16.9. The number of rotatable bonds is 4. The molecule has 5 rings (SSSR count). The summed E-state index contributed by atoms with van der Waals surface area (Å²) in [6, 6.07) is 22.0. The van der Waals surface area contributed by atoms with Crippen molar-refractivity contribution in [1.29, 1.82) is 5.39 Å². The van der Waals surface area contributed by atoms with Gasteiger partial charge in [0.25, 0.3) is 0 Å². The van der Waals surface area contributed by atoms with Gasteiger partial charge in [0, 0.05) is 22.3 Å². The van der Waals surface area contributed by atoms with E-state index in [4.69, 9.17) is 5.39 Å². The molecule has 4 aromatic carbocycles. The third-order valence-electron chi connectivity index (χ3n) is 7.21. The summed E-state index contributed by atoms with van der Waals surface area (Å²) in [7, 11) is -3.88. The van der Waals surface area contributed by atoms with Crippen LogP contribution >= 0.6 is 0 Å². The van der Waals surface area contributed by atoms with Crippen molar-refractivity contribution in [1.82, 2.24) is 0 Å². The summed E-state index contributed by atoms with van der Waals surface area (Å²) < 4.78 is 27.2. The standard InChI is InChI=1S/C28H24N2O4S/c29-30-25-16-15-23-24(27(25)32)5-4-6-26(23)35(33,34)22-13-9-20(10-14-22)28(17-2-1-3-18-28)19-7-11-21(31)12-8-19/h4-16H,1-3,17-18H2,(H-,31,32)/p+1. The van der Waals surface area contributed by atoms with Gasteiger partial charge in [-0.25, -0.2) is 8.42 Å². The summed E-state index contributed by atoms with van der Waals surface area (Å²) in [4.78, 5) is 3.29. The molecule has 35 heavy (non-hydrogen) atoms. The third-order valence-corrected chi connectivity index (χ3v) is 9.04. The fourth-order valence-corrected chi connectivity index (χ4v) is 6.85. The summed E-state index contributed by atoms with van der Waals surface area (Å²) in [6.07, 6.45) is 5.27. The average molecular weight is 486 g/mol. The minimum atomic E-state index is -3.88. The maximum Gasteiger partial charge on any atom is 0.426 e. The molecule has 0 unspecified atom stereocenters. The smallest absolute Gasteiger partial charge is 0.426 e. The maximum absolute atomic E-state index is 13.6. The number of diazo groups is 1. The van der Waals surface area contributed by atoms with Crippen LogP contribution in [0.15, 0.2) is 88.7 Å². The zero-order valence-electron chi connectivity index (χ0n) is 19.1. The van der Waals surface area contributed by atoms with Crippen LogP contribution in [0.2, 0.25) is 0 Å². The molecule has 1 saturated carbocycles. The minimum absolute atomic E-state index is 0.0246. The van der Waals surface area contributed by atoms with Gasteiger partial charge >= 0.3 is 5.69 Å². The van der Waals surface area contributed by atoms with Gasteiger partial charge in [-0.2, -0.15) is 0 Å². The Bertz CT molecular complexity index is 1550. The van der Waals surface area contributed by atoms with Crippen LogP contribution in [0, 0.1) is 5.39 Å². The minimum Gasteiger partial charge on any atom is -0.508 e. The zero-order chi connectivity index (χ0) is 24.6. The number of benzene rings is 4. The second-order valence-electron chi connectivity index (χ2n) is 9.10. The van der Waals surface area contributed by atoms with E-state index in [1.807, 2.05) is 24.3 Å². The topological polar surface area (TPSA) is 103 Å². The Hall–Kier alpha value is -3.89. The van der Waals surface area contributed by atoms with Gasteiger partial charge in [0.2, 0.25) is 21.0 Å². The highest BCUT2D eigenvalue weighted by Crippen LogP contribution is 2.46. The highest BCUT2D eigenvalue weighted by molar-refractivity contribution is 7.91. The number of hydrogen-bond acceptors (Lipinski definition) is 5. The predicted molar refractivity (Wildman–Crippen MR) is 134 cm³/mol. The molecule has 0 amide bonds. The molecule has 0 aromatic heterocycles. The van der Waals surface area contributed by atoms with E-state index in [9.17, 15) is 18.6 Å². The number of phenols is 2. The fraction of sp³-hybridized carbons (Fsp3) is 0.214. The Morgan fingerprint density at radius 3 is 2.00 bits per heavy atom. The molecule has 0 radical (unpaired) electrons. The number of aromatic hydroxyl groups is 2. The van der Waals surface area contributed by atoms with Crippen LogP contribution in [0.5, 0.6) is 11.5 Å². The molecule has 176 valence electrons. The number of fused-ring (bicyclic) bond motifs is 1. The van der Waals surface area contributed by atoms with E-state index in [2.05, 4.69) is 4.98 Å². The SMILES string of the molecule is N#[N+]c1ccc2c(S(=O)(=O)c3ccc(C4(c5ccc(O)cc5)CCCCC4)cc3)cccc2c1O. The van der Waals surface area contributed by atoms with E-state index in [0.717, 1.165) is 36.8 Å². The normalized spacial score (nSPS) is 15.5. The van der Waals surface area contributed by atoms with E-state index in [1.165, 1.54) is 24.6 Å². The van der Waals surface area contributed by atoms with Crippen LogP contribution in [-0.2, 0) is 15.3 Å². The Morgan fingerprint density at radius 2 is 1.37 bits per heavy atom. The van der Waals surface area contributed by atoms with E-state index in [0.29, 0.717) is 10.8 Å². The van der Waals surface area contributed by atoms with Crippen molar-refractivity contribution in [2.45, 2.75) is 47.3 Å². The number of sulfone groups is 1. The summed E-state index contributed by atoms with van der Waals surface area (Å²) in [5, 5.41) is 29.9. The lowest BCUT2D eigenvalue weighted by atomic mass is 9.65. The van der Waals surface area contributed by atoms with Gasteiger partial charge in [-0.05, 0) is 60.4 Å². The molecule has 0 spiro atoms. The Kier molecular flexibility index (Phi) is 5.70. The summed E-state index contributed by atoms with van der Waals surface area (Å²) in [5.41, 5.74) is 1.94. The first kappa shape index (κ1) is 22.9. The van der Waals surface area contributed by atoms with Crippen LogP contribution < -0.4 is 0 Å². The average Bonchev–Trinajstić information content (AvgIpc) is 2.89. The molecule has 1 fully saturated rings. The quantitative estimate of drug-likeness (QED) is 0.309. The van der Waals surface area contributed by atoms with E-state index >= 15 is 0 Å². The van der Waals surface area contributed by atoms with Crippen LogP contribution in [0.25, 0.3) is 15.7 Å². The van der Waals surface area contributed by atoms with Gasteiger partial charge in [-0.15, -0.1) is 0 Å². The van der Waals surface area contributed by atoms with Gasteiger partial charge in [-0.1, -0.05) is 55.7 Å². The van der Waals surface area contributed by atoms with Crippen molar-refractivity contribution in [2.75, 3.05) is 0 Å². The van der Waals surface area contributed by atoms with Crippen molar-refractivity contribution < 1.29 is 18.6 Å². The predicted octanol–water partition coefficient (Wildman–Crippen LogP) is 6.82. The summed E-state index contributed by atoms with van der Waals surface area (Å²) in [5.74, 6) is -0.0485. The van der Waals surface area contributed by atoms with Crippen LogP contribution in [-0.4, -0.2) is 18.6 Å². The third kappa shape index (κ3) is 3.80. The summed E-state index contributed by atoms with van der Waals surface area (Å²) >= 11 is 0. The molecule has 0 aliphatic heterocycles. The highest BCUT2D eigenvalue weighted by Gasteiger charge is 2.36. The lowest BCUT2D eigenvalue weighted by molar-refractivity contribution is 0.345. The molecule has 1 aliphatic carbocycles. The number of phenolic OH excluding ortho intramolecular Hbond substituents is 2. The molecule has 0 heterocycles. The monoisotopic (exact) mass is 485 g/mol. The second-order valence-corrected chi connectivity index (χ2v) is 11.0. The molecule has 2 N–H and O–H groups in total. The van der Waals surface area contributed by atoms with E-state index in [1.54, 1.807) is 36.4 Å². The van der Waals surface area contributed by atoms with Crippen molar-refractivity contribution >= 4 is 26.3 Å². The molecule has 6 nitrogen and oxygen atoms in total. The molecular formula is C28H25N2O4S+. The van der Waals surface area contributed by atoms with Crippen LogP contribution in [0.4, 0.5) is 5.69 Å². The van der Waals surface area contributed by atoms with Gasteiger partial charge in [0.05, 0.1) is 9.79 Å². The number of hydrogen-bond donors (Lipinski definition) is 2. The Labute approximate surface area is 204 Å². The number of nitrogens with zero attached hydrogens (tertiary/aromatic N) is 2. The molecule has 0 saturated heterocycles. The molecule has 0 atom stereocenters. The van der Waals surface area contributed by atoms with Gasteiger partial charge < -0.3 is 10.2 Å². The molecule has 0 bridgehead atoms. The van der Waals surface area contributed by atoms with Gasteiger partial charge in [0.1, 0.15) is 5.75 Å². The first-order valence-corrected chi connectivity index (χ1v) is 13.1. The van der Waals surface area contributed by atoms with Gasteiger partial charge in [-0.3, -0.25) is 0 Å². The Balaban J connectivity index is 1.58. The molecule has 4 aromatic rings. The first-order valence-electron chi connectivity index (χ1n) is 11.6. The van der Waals surface area contributed by atoms with Crippen molar-refractivity contribution in [3.05, 3.63) is 95.0 Å². The highest BCUT2D eigenvalue weighted by atomic mass is 32.2. The van der Waals surface area contributed by atoms with Gasteiger partial charge in [0.15, 0.2) is 4.98 Å². The van der Waals surface area contributed by atoms with Crippen LogP contribution in [0.3, 0.4) is 0 Å².